The summed E-state index contributed by atoms with van der Waals surface area (Å²) in [5.41, 5.74) is 4.78. The van der Waals surface area contributed by atoms with Gasteiger partial charge in [0.15, 0.2) is 0 Å². The smallest absolute Gasteiger partial charge is 0.255 e. The van der Waals surface area contributed by atoms with Gasteiger partial charge in [-0.3, -0.25) is 4.79 Å². The predicted molar refractivity (Wildman–Crippen MR) is 67.7 cm³/mol. The molecule has 0 aliphatic rings. The fraction of sp³-hybridized carbons (Fsp3) is 0.636. The summed E-state index contributed by atoms with van der Waals surface area (Å²) < 4.78 is 5.11. The number of carbonyl (C=O) groups excluding carboxylic acids is 1. The van der Waals surface area contributed by atoms with Crippen molar-refractivity contribution in [3.8, 4) is 0 Å². The lowest BCUT2D eigenvalue weighted by molar-refractivity contribution is -0.124. The first-order valence-corrected chi connectivity index (χ1v) is 6.64. The standard InChI is InChI=1S/C11H19N3O2S/c1-3-14-11(2,9(12)15)5-4-8-17-10-13-6-7-16-10/h6-7,14H,3-5,8H2,1-2H3,(H2,12,15). The number of nitrogens with one attached hydrogen (secondary N) is 1. The molecule has 1 unspecified atom stereocenters. The number of amides is 1. The number of oxazole rings is 1. The lowest BCUT2D eigenvalue weighted by Crippen LogP contribution is -2.53. The maximum absolute atomic E-state index is 11.4. The van der Waals surface area contributed by atoms with Gasteiger partial charge in [0.25, 0.3) is 5.22 Å². The van der Waals surface area contributed by atoms with Gasteiger partial charge >= 0.3 is 0 Å². The molecule has 1 amide bonds. The molecule has 1 atom stereocenters. The van der Waals surface area contributed by atoms with Crippen molar-refractivity contribution in [2.75, 3.05) is 12.3 Å². The van der Waals surface area contributed by atoms with Crippen molar-refractivity contribution in [2.45, 2.75) is 37.5 Å². The molecule has 6 heteroatoms. The number of likely N-dealkylation sites (N-methyl/N-ethyl adjacent to an activating group) is 1. The summed E-state index contributed by atoms with van der Waals surface area (Å²) in [6.07, 6.45) is 4.76. The Labute approximate surface area is 106 Å². The lowest BCUT2D eigenvalue weighted by atomic mass is 9.95. The van der Waals surface area contributed by atoms with E-state index >= 15 is 0 Å². The Bertz CT molecular complexity index is 342. The summed E-state index contributed by atoms with van der Waals surface area (Å²) >= 11 is 1.54. The molecule has 1 aromatic rings. The number of nitrogens with zero attached hydrogens (tertiary/aromatic N) is 1. The summed E-state index contributed by atoms with van der Waals surface area (Å²) in [6.45, 7) is 4.53. The molecule has 0 spiro atoms. The van der Waals surface area contributed by atoms with Gasteiger partial charge in [-0.15, -0.1) is 0 Å². The van der Waals surface area contributed by atoms with Crippen molar-refractivity contribution < 1.29 is 9.21 Å². The highest BCUT2D eigenvalue weighted by Crippen LogP contribution is 2.19. The molecule has 0 radical (unpaired) electrons. The highest BCUT2D eigenvalue weighted by atomic mass is 32.2. The van der Waals surface area contributed by atoms with Crippen molar-refractivity contribution in [2.24, 2.45) is 5.73 Å². The maximum atomic E-state index is 11.4. The predicted octanol–water partition coefficient (Wildman–Crippen LogP) is 1.40. The molecule has 0 aliphatic heterocycles. The quantitative estimate of drug-likeness (QED) is 0.543. The average molecular weight is 257 g/mol. The molecule has 1 aromatic heterocycles. The largest absolute Gasteiger partial charge is 0.440 e. The minimum absolute atomic E-state index is 0.305. The second kappa shape index (κ2) is 6.66. The number of hydrogen-bond acceptors (Lipinski definition) is 5. The van der Waals surface area contributed by atoms with Gasteiger partial charge in [0.2, 0.25) is 5.91 Å². The van der Waals surface area contributed by atoms with E-state index in [2.05, 4.69) is 10.3 Å². The maximum Gasteiger partial charge on any atom is 0.255 e. The number of carbonyl (C=O) groups is 1. The number of primary amides is 1. The van der Waals surface area contributed by atoms with Crippen LogP contribution in [0.25, 0.3) is 0 Å². The van der Waals surface area contributed by atoms with Gasteiger partial charge < -0.3 is 15.5 Å². The van der Waals surface area contributed by atoms with Crippen molar-refractivity contribution in [3.05, 3.63) is 12.5 Å². The zero-order valence-corrected chi connectivity index (χ0v) is 11.0. The summed E-state index contributed by atoms with van der Waals surface area (Å²) in [5.74, 6) is 0.551. The van der Waals surface area contributed by atoms with Crippen molar-refractivity contribution >= 4 is 17.7 Å². The molecule has 17 heavy (non-hydrogen) atoms. The van der Waals surface area contributed by atoms with Crippen LogP contribution in [0.5, 0.6) is 0 Å². The third kappa shape index (κ3) is 4.40. The minimum atomic E-state index is -0.619. The van der Waals surface area contributed by atoms with Crippen LogP contribution in [0.3, 0.4) is 0 Å². The number of thioether (sulfide) groups is 1. The first-order chi connectivity index (χ1) is 8.08. The van der Waals surface area contributed by atoms with Crippen molar-refractivity contribution in [3.63, 3.8) is 0 Å². The molecule has 0 saturated carbocycles. The van der Waals surface area contributed by atoms with Gasteiger partial charge in [0.1, 0.15) is 6.26 Å². The van der Waals surface area contributed by atoms with Crippen LogP contribution in [-0.2, 0) is 4.79 Å². The number of hydrogen-bond donors (Lipinski definition) is 2. The topological polar surface area (TPSA) is 81.2 Å². The van der Waals surface area contributed by atoms with Crippen LogP contribution >= 0.6 is 11.8 Å². The van der Waals surface area contributed by atoms with Gasteiger partial charge in [0.05, 0.1) is 11.7 Å². The number of aromatic nitrogens is 1. The Kier molecular flexibility index (Phi) is 5.50. The fourth-order valence-electron chi connectivity index (χ4n) is 1.56. The van der Waals surface area contributed by atoms with E-state index in [4.69, 9.17) is 10.2 Å². The number of rotatable bonds is 8. The van der Waals surface area contributed by atoms with E-state index < -0.39 is 5.54 Å². The van der Waals surface area contributed by atoms with E-state index in [0.717, 1.165) is 18.7 Å². The van der Waals surface area contributed by atoms with E-state index in [0.29, 0.717) is 11.6 Å². The van der Waals surface area contributed by atoms with Crippen LogP contribution in [0.15, 0.2) is 22.1 Å². The van der Waals surface area contributed by atoms with Gasteiger partial charge in [-0.25, -0.2) is 4.98 Å². The van der Waals surface area contributed by atoms with Gasteiger partial charge in [-0.2, -0.15) is 0 Å². The minimum Gasteiger partial charge on any atom is -0.440 e. The molecule has 3 N–H and O–H groups in total. The van der Waals surface area contributed by atoms with E-state index in [-0.39, 0.29) is 5.91 Å². The zero-order valence-electron chi connectivity index (χ0n) is 10.2. The number of nitrogens with two attached hydrogens (primary N) is 1. The highest BCUT2D eigenvalue weighted by Gasteiger charge is 2.28. The molecule has 0 aromatic carbocycles. The molecule has 1 heterocycles. The van der Waals surface area contributed by atoms with Gasteiger partial charge in [-0.1, -0.05) is 18.7 Å². The lowest BCUT2D eigenvalue weighted by Gasteiger charge is -2.26. The van der Waals surface area contributed by atoms with Crippen LogP contribution in [0, 0.1) is 0 Å². The molecule has 5 nitrogen and oxygen atoms in total. The second-order valence-corrected chi connectivity index (χ2v) is 5.02. The van der Waals surface area contributed by atoms with E-state index in [1.54, 1.807) is 12.5 Å². The summed E-state index contributed by atoms with van der Waals surface area (Å²) in [5, 5.41) is 3.79. The first kappa shape index (κ1) is 14.1. The van der Waals surface area contributed by atoms with Crippen LogP contribution in [0.4, 0.5) is 0 Å². The Morgan fingerprint density at radius 2 is 2.47 bits per heavy atom. The highest BCUT2D eigenvalue weighted by molar-refractivity contribution is 7.99. The zero-order chi connectivity index (χ0) is 12.7. The third-order valence-electron chi connectivity index (χ3n) is 2.57. The summed E-state index contributed by atoms with van der Waals surface area (Å²) in [4.78, 5) is 15.4. The summed E-state index contributed by atoms with van der Waals surface area (Å²) in [6, 6.07) is 0. The van der Waals surface area contributed by atoms with E-state index in [1.807, 2.05) is 13.8 Å². The third-order valence-corrected chi connectivity index (χ3v) is 3.51. The van der Waals surface area contributed by atoms with Crippen LogP contribution < -0.4 is 11.1 Å². The van der Waals surface area contributed by atoms with Crippen LogP contribution in [0.1, 0.15) is 26.7 Å². The SMILES string of the molecule is CCNC(C)(CCCSc1ncco1)C(N)=O. The average Bonchev–Trinajstić information content (AvgIpc) is 2.77. The van der Waals surface area contributed by atoms with Crippen molar-refractivity contribution in [1.82, 2.24) is 10.3 Å². The molecular formula is C11H19N3O2S. The Morgan fingerprint density at radius 1 is 1.71 bits per heavy atom. The van der Waals surface area contributed by atoms with Crippen LogP contribution in [-0.4, -0.2) is 28.7 Å². The molecule has 0 aliphatic carbocycles. The summed E-state index contributed by atoms with van der Waals surface area (Å²) in [7, 11) is 0. The van der Waals surface area contributed by atoms with Gasteiger partial charge in [0, 0.05) is 5.75 Å². The van der Waals surface area contributed by atoms with E-state index in [9.17, 15) is 4.79 Å². The normalized spacial score (nSPS) is 14.5. The second-order valence-electron chi connectivity index (χ2n) is 3.98. The molecule has 0 bridgehead atoms. The molecular weight excluding hydrogens is 238 g/mol. The molecule has 0 fully saturated rings. The van der Waals surface area contributed by atoms with Crippen molar-refractivity contribution in [1.29, 1.82) is 0 Å². The fourth-order valence-corrected chi connectivity index (χ4v) is 2.28. The Balaban J connectivity index is 2.30. The van der Waals surface area contributed by atoms with E-state index in [1.165, 1.54) is 11.8 Å². The van der Waals surface area contributed by atoms with Crippen LogP contribution in [0.2, 0.25) is 0 Å². The Hall–Kier alpha value is -1.01. The first-order valence-electron chi connectivity index (χ1n) is 5.65. The molecule has 1 rings (SSSR count). The Morgan fingerprint density at radius 3 is 3.00 bits per heavy atom. The monoisotopic (exact) mass is 257 g/mol. The molecule has 0 saturated heterocycles. The molecule has 96 valence electrons. The van der Waals surface area contributed by atoms with Gasteiger partial charge in [-0.05, 0) is 26.3 Å².